The van der Waals surface area contributed by atoms with E-state index in [9.17, 15) is 18.0 Å². The molecule has 0 rings (SSSR count). The lowest BCUT2D eigenvalue weighted by Gasteiger charge is -2.19. The van der Waals surface area contributed by atoms with E-state index >= 15 is 0 Å². The Morgan fingerprint density at radius 2 is 1.92 bits per heavy atom. The maximum Gasteiger partial charge on any atom is 0.340 e. The van der Waals surface area contributed by atoms with Crippen molar-refractivity contribution in [1.82, 2.24) is 0 Å². The first-order valence-electron chi connectivity index (χ1n) is 3.26. The van der Waals surface area contributed by atoms with Crippen molar-refractivity contribution in [1.29, 1.82) is 0 Å². The minimum Gasteiger partial charge on any atom is -0.478 e. The van der Waals surface area contributed by atoms with Crippen LogP contribution in [0.5, 0.6) is 0 Å². The maximum atomic E-state index is 12.8. The molecular formula is C7H9F3O2. The van der Waals surface area contributed by atoms with E-state index in [4.69, 9.17) is 5.11 Å². The molecule has 0 aliphatic rings. The lowest BCUT2D eigenvalue weighted by Crippen LogP contribution is -2.30. The smallest absolute Gasteiger partial charge is 0.340 e. The molecule has 0 bridgehead atoms. The second-order valence-electron chi connectivity index (χ2n) is 2.61. The van der Waals surface area contributed by atoms with Crippen LogP contribution in [0.15, 0.2) is 11.9 Å². The van der Waals surface area contributed by atoms with Crippen LogP contribution in [-0.4, -0.2) is 17.0 Å². The molecule has 0 aliphatic heterocycles. The number of hydrogen-bond acceptors (Lipinski definition) is 1. The number of hydrogen-bond donors (Lipinski definition) is 1. The Balaban J connectivity index is 4.87. The molecule has 0 aromatic rings. The van der Waals surface area contributed by atoms with Gasteiger partial charge in [0.25, 0.3) is 5.92 Å². The Bertz CT molecular complexity index is 209. The molecule has 0 aromatic carbocycles. The zero-order chi connectivity index (χ0) is 9.94. The van der Waals surface area contributed by atoms with Crippen LogP contribution in [0.2, 0.25) is 0 Å². The molecule has 1 N–H and O–H groups in total. The SMILES string of the molecule is CC(C)C(F)(F)C(=CF)C(=O)O. The van der Waals surface area contributed by atoms with Crippen LogP contribution in [0.25, 0.3) is 0 Å². The van der Waals surface area contributed by atoms with Crippen LogP contribution in [0, 0.1) is 5.92 Å². The molecule has 0 atom stereocenters. The van der Waals surface area contributed by atoms with Gasteiger partial charge < -0.3 is 5.11 Å². The second-order valence-corrected chi connectivity index (χ2v) is 2.61. The van der Waals surface area contributed by atoms with E-state index in [0.717, 1.165) is 13.8 Å². The Labute approximate surface area is 67.7 Å². The summed E-state index contributed by atoms with van der Waals surface area (Å²) >= 11 is 0. The molecule has 0 spiro atoms. The zero-order valence-corrected chi connectivity index (χ0v) is 6.64. The van der Waals surface area contributed by atoms with E-state index in [-0.39, 0.29) is 0 Å². The van der Waals surface area contributed by atoms with Gasteiger partial charge in [0.15, 0.2) is 0 Å². The summed E-state index contributed by atoms with van der Waals surface area (Å²) in [6.45, 7) is 2.24. The predicted octanol–water partition coefficient (Wildman–Crippen LogP) is 2.22. The van der Waals surface area contributed by atoms with Gasteiger partial charge in [-0.05, 0) is 0 Å². The molecule has 0 aromatic heterocycles. The van der Waals surface area contributed by atoms with Gasteiger partial charge in [0.1, 0.15) is 11.9 Å². The minimum absolute atomic E-state index is 0.567. The third-order valence-electron chi connectivity index (χ3n) is 1.42. The highest BCUT2D eigenvalue weighted by Crippen LogP contribution is 2.32. The monoisotopic (exact) mass is 182 g/mol. The van der Waals surface area contributed by atoms with Crippen molar-refractivity contribution in [2.45, 2.75) is 19.8 Å². The fourth-order valence-electron chi connectivity index (χ4n) is 0.573. The highest BCUT2D eigenvalue weighted by molar-refractivity contribution is 5.88. The van der Waals surface area contributed by atoms with Gasteiger partial charge in [-0.15, -0.1) is 0 Å². The highest BCUT2D eigenvalue weighted by atomic mass is 19.3. The standard InChI is InChI=1S/C7H9F3O2/c1-4(2)7(9,10)5(3-8)6(11)12/h3-4H,1-2H3,(H,11,12). The third kappa shape index (κ3) is 1.99. The molecule has 0 saturated carbocycles. The lowest BCUT2D eigenvalue weighted by molar-refractivity contribution is -0.137. The molecular weight excluding hydrogens is 173 g/mol. The number of carbonyl (C=O) groups is 1. The fraction of sp³-hybridized carbons (Fsp3) is 0.571. The number of alkyl halides is 2. The Morgan fingerprint density at radius 1 is 1.50 bits per heavy atom. The number of carboxylic acid groups (broad SMARTS) is 1. The van der Waals surface area contributed by atoms with Crippen molar-refractivity contribution in [3.8, 4) is 0 Å². The van der Waals surface area contributed by atoms with Gasteiger partial charge in [-0.3, -0.25) is 0 Å². The number of carboxylic acids is 1. The Hall–Kier alpha value is -1.00. The summed E-state index contributed by atoms with van der Waals surface area (Å²) in [7, 11) is 0. The molecule has 70 valence electrons. The summed E-state index contributed by atoms with van der Waals surface area (Å²) in [5, 5.41) is 8.17. The van der Waals surface area contributed by atoms with Crippen molar-refractivity contribution in [3.05, 3.63) is 11.9 Å². The van der Waals surface area contributed by atoms with Crippen LogP contribution in [-0.2, 0) is 4.79 Å². The van der Waals surface area contributed by atoms with E-state index in [1.807, 2.05) is 0 Å². The van der Waals surface area contributed by atoms with Crippen LogP contribution in [0.1, 0.15) is 13.8 Å². The van der Waals surface area contributed by atoms with E-state index in [2.05, 4.69) is 0 Å². The minimum atomic E-state index is -3.62. The van der Waals surface area contributed by atoms with Gasteiger partial charge >= 0.3 is 5.97 Å². The Morgan fingerprint density at radius 3 is 2.00 bits per heavy atom. The van der Waals surface area contributed by atoms with Crippen molar-refractivity contribution in [3.63, 3.8) is 0 Å². The predicted molar refractivity (Wildman–Crippen MR) is 36.6 cm³/mol. The van der Waals surface area contributed by atoms with Crippen LogP contribution in [0.3, 0.4) is 0 Å². The summed E-state index contributed by atoms with van der Waals surface area (Å²) in [4.78, 5) is 10.1. The van der Waals surface area contributed by atoms with Crippen molar-refractivity contribution in [2.75, 3.05) is 0 Å². The summed E-state index contributed by atoms with van der Waals surface area (Å²) in [6, 6.07) is 0. The first-order valence-corrected chi connectivity index (χ1v) is 3.26. The molecule has 5 heteroatoms. The average molecular weight is 182 g/mol. The van der Waals surface area contributed by atoms with E-state index in [0.29, 0.717) is 0 Å². The van der Waals surface area contributed by atoms with Crippen molar-refractivity contribution < 1.29 is 23.1 Å². The van der Waals surface area contributed by atoms with E-state index in [1.165, 1.54) is 0 Å². The largest absolute Gasteiger partial charge is 0.478 e. The average Bonchev–Trinajstić information content (AvgIpc) is 1.86. The van der Waals surface area contributed by atoms with Crippen molar-refractivity contribution >= 4 is 5.97 Å². The van der Waals surface area contributed by atoms with Gasteiger partial charge in [-0.25, -0.2) is 18.0 Å². The molecule has 0 heterocycles. The van der Waals surface area contributed by atoms with Gasteiger partial charge in [0.2, 0.25) is 0 Å². The van der Waals surface area contributed by atoms with E-state index < -0.39 is 29.7 Å². The first kappa shape index (κ1) is 11.0. The number of aliphatic carboxylic acids is 1. The van der Waals surface area contributed by atoms with Gasteiger partial charge in [-0.1, -0.05) is 13.8 Å². The van der Waals surface area contributed by atoms with Gasteiger partial charge in [-0.2, -0.15) is 0 Å². The highest BCUT2D eigenvalue weighted by Gasteiger charge is 2.42. The number of rotatable bonds is 3. The quantitative estimate of drug-likeness (QED) is 0.679. The fourth-order valence-corrected chi connectivity index (χ4v) is 0.573. The summed E-state index contributed by atoms with van der Waals surface area (Å²) < 4.78 is 37.3. The summed E-state index contributed by atoms with van der Waals surface area (Å²) in [6.07, 6.45) is -0.567. The molecule has 0 amide bonds. The van der Waals surface area contributed by atoms with Crippen LogP contribution < -0.4 is 0 Å². The van der Waals surface area contributed by atoms with Crippen LogP contribution in [0.4, 0.5) is 13.2 Å². The molecule has 0 fully saturated rings. The molecule has 0 saturated heterocycles. The number of halogens is 3. The first-order chi connectivity index (χ1) is 5.34. The Kier molecular flexibility index (Phi) is 3.30. The molecule has 0 aliphatic carbocycles. The molecule has 0 unspecified atom stereocenters. The second kappa shape index (κ2) is 3.60. The molecule has 2 nitrogen and oxygen atoms in total. The zero-order valence-electron chi connectivity index (χ0n) is 6.64. The summed E-state index contributed by atoms with van der Waals surface area (Å²) in [5.74, 6) is -6.80. The normalized spacial score (nSPS) is 13.7. The molecule has 0 radical (unpaired) electrons. The van der Waals surface area contributed by atoms with E-state index in [1.54, 1.807) is 0 Å². The maximum absolute atomic E-state index is 12.8. The van der Waals surface area contributed by atoms with Gasteiger partial charge in [0, 0.05) is 5.92 Å². The topological polar surface area (TPSA) is 37.3 Å². The van der Waals surface area contributed by atoms with Gasteiger partial charge in [0.05, 0.1) is 0 Å². The van der Waals surface area contributed by atoms with Crippen LogP contribution >= 0.6 is 0 Å². The summed E-state index contributed by atoms with van der Waals surface area (Å²) in [5.41, 5.74) is -1.50. The molecule has 12 heavy (non-hydrogen) atoms. The third-order valence-corrected chi connectivity index (χ3v) is 1.42. The lowest BCUT2D eigenvalue weighted by atomic mass is 9.99. The van der Waals surface area contributed by atoms with Crippen molar-refractivity contribution in [2.24, 2.45) is 5.92 Å².